The van der Waals surface area contributed by atoms with Crippen LogP contribution >= 0.6 is 35.0 Å². The fraction of sp³-hybridized carbons (Fsp3) is 0.438. The van der Waals surface area contributed by atoms with E-state index in [0.29, 0.717) is 23.3 Å². The Balaban J connectivity index is 2.31. The molecule has 0 radical (unpaired) electrons. The Morgan fingerprint density at radius 3 is 2.48 bits per heavy atom. The number of nitrogens with zero attached hydrogens (tertiary/aromatic N) is 2. The van der Waals surface area contributed by atoms with Gasteiger partial charge in [-0.3, -0.25) is 0 Å². The third kappa shape index (κ3) is 4.88. The van der Waals surface area contributed by atoms with E-state index in [4.69, 9.17) is 38.0 Å². The van der Waals surface area contributed by atoms with Crippen LogP contribution in [0.1, 0.15) is 31.3 Å². The van der Waals surface area contributed by atoms with Crippen LogP contribution in [0.5, 0.6) is 0 Å². The number of imidazole rings is 1. The van der Waals surface area contributed by atoms with Crippen LogP contribution in [0.3, 0.4) is 0 Å². The zero-order valence-electron chi connectivity index (χ0n) is 13.3. The van der Waals surface area contributed by atoms with E-state index in [2.05, 4.69) is 13.8 Å². The summed E-state index contributed by atoms with van der Waals surface area (Å²) in [7, 11) is 1.96. The maximum atomic E-state index is 8.83. The van der Waals surface area contributed by atoms with E-state index < -0.39 is 0 Å². The lowest BCUT2D eigenvalue weighted by atomic mass is 10.2. The van der Waals surface area contributed by atoms with Crippen molar-refractivity contribution in [2.45, 2.75) is 36.3 Å². The zero-order valence-corrected chi connectivity index (χ0v) is 15.7. The summed E-state index contributed by atoms with van der Waals surface area (Å²) >= 11 is 13.8. The summed E-state index contributed by atoms with van der Waals surface area (Å²) in [6, 6.07) is 5.49. The average Bonchev–Trinajstić information content (AvgIpc) is 2.76. The van der Waals surface area contributed by atoms with Gasteiger partial charge in [-0.25, -0.2) is 4.98 Å². The Hall–Kier alpha value is -0.720. The molecule has 0 spiro atoms. The number of aromatic nitrogens is 2. The summed E-state index contributed by atoms with van der Waals surface area (Å²) in [5, 5.41) is 11.1. The van der Waals surface area contributed by atoms with Gasteiger partial charge in [-0.2, -0.15) is 0 Å². The van der Waals surface area contributed by atoms with Crippen LogP contribution in [-0.4, -0.2) is 27.9 Å². The van der Waals surface area contributed by atoms with Crippen LogP contribution in [0.15, 0.2) is 28.1 Å². The monoisotopic (exact) mass is 374 g/mol. The van der Waals surface area contributed by atoms with Gasteiger partial charge >= 0.3 is 0 Å². The first-order valence-electron chi connectivity index (χ1n) is 7.30. The van der Waals surface area contributed by atoms with Crippen molar-refractivity contribution in [2.75, 3.05) is 13.2 Å². The molecule has 1 heterocycles. The molecule has 1 aromatic heterocycles. The molecule has 7 heteroatoms. The van der Waals surface area contributed by atoms with E-state index in [1.165, 1.54) is 0 Å². The molecule has 126 valence electrons. The second-order valence-electron chi connectivity index (χ2n) is 5.42. The molecule has 0 aliphatic rings. The maximum Gasteiger partial charge on any atom is 0.135 e. The van der Waals surface area contributed by atoms with Gasteiger partial charge in [0.05, 0.1) is 18.9 Å². The van der Waals surface area contributed by atoms with Crippen molar-refractivity contribution in [1.29, 1.82) is 0 Å². The minimum absolute atomic E-state index is 0.00405. The van der Waals surface area contributed by atoms with E-state index in [0.717, 1.165) is 21.4 Å². The van der Waals surface area contributed by atoms with Crippen LogP contribution in [0, 0.1) is 0 Å². The highest BCUT2D eigenvalue weighted by atomic mass is 35.5. The Morgan fingerprint density at radius 1 is 1.26 bits per heavy atom. The smallest absolute Gasteiger partial charge is 0.135 e. The van der Waals surface area contributed by atoms with Gasteiger partial charge in [-0.1, -0.05) is 48.8 Å². The lowest BCUT2D eigenvalue weighted by Crippen LogP contribution is -2.05. The highest BCUT2D eigenvalue weighted by molar-refractivity contribution is 7.99. The zero-order chi connectivity index (χ0) is 17.0. The number of hydrogen-bond acceptors (Lipinski definition) is 4. The fourth-order valence-corrected chi connectivity index (χ4v) is 3.98. The van der Waals surface area contributed by atoms with Crippen LogP contribution < -0.4 is 0 Å². The molecule has 0 amide bonds. The maximum absolute atomic E-state index is 8.83. The first kappa shape index (κ1) is 18.6. The summed E-state index contributed by atoms with van der Waals surface area (Å²) in [6.07, 6.45) is 0. The van der Waals surface area contributed by atoms with Crippen LogP contribution in [0.2, 0.25) is 10.0 Å². The van der Waals surface area contributed by atoms with Crippen molar-refractivity contribution < 1.29 is 9.84 Å². The van der Waals surface area contributed by atoms with E-state index in [9.17, 15) is 0 Å². The van der Waals surface area contributed by atoms with E-state index in [1.54, 1.807) is 17.8 Å². The molecule has 2 rings (SSSR count). The summed E-state index contributed by atoms with van der Waals surface area (Å²) < 4.78 is 7.42. The number of aliphatic hydroxyl groups is 1. The summed E-state index contributed by atoms with van der Waals surface area (Å²) in [5.74, 6) is 1.11. The SMILES string of the molecule is CC(C)c1nc(COCCO)n(C)c1Sc1cc(Cl)cc(Cl)c1. The number of halogens is 2. The Morgan fingerprint density at radius 2 is 1.91 bits per heavy atom. The van der Waals surface area contributed by atoms with Gasteiger partial charge in [0, 0.05) is 22.0 Å². The van der Waals surface area contributed by atoms with E-state index >= 15 is 0 Å². The molecular weight excluding hydrogens is 355 g/mol. The predicted octanol–water partition coefficient (Wildman–Crippen LogP) is 4.51. The molecule has 0 saturated heterocycles. The lowest BCUT2D eigenvalue weighted by Gasteiger charge is -2.09. The molecule has 0 fully saturated rings. The summed E-state index contributed by atoms with van der Waals surface area (Å²) in [6.45, 7) is 4.89. The number of hydrogen-bond donors (Lipinski definition) is 1. The molecule has 1 N–H and O–H groups in total. The molecule has 0 saturated carbocycles. The number of rotatable bonds is 7. The molecule has 23 heavy (non-hydrogen) atoms. The molecule has 1 aromatic carbocycles. The first-order chi connectivity index (χ1) is 10.9. The third-order valence-electron chi connectivity index (χ3n) is 3.22. The van der Waals surface area contributed by atoms with Gasteiger partial charge in [-0.05, 0) is 24.1 Å². The Bertz CT molecular complexity index is 654. The van der Waals surface area contributed by atoms with Crippen molar-refractivity contribution in [2.24, 2.45) is 7.05 Å². The minimum Gasteiger partial charge on any atom is -0.394 e. The molecule has 0 bridgehead atoms. The van der Waals surface area contributed by atoms with Crippen LogP contribution in [0.4, 0.5) is 0 Å². The predicted molar refractivity (Wildman–Crippen MR) is 94.6 cm³/mol. The van der Waals surface area contributed by atoms with Crippen molar-refractivity contribution >= 4 is 35.0 Å². The van der Waals surface area contributed by atoms with Crippen molar-refractivity contribution in [3.05, 3.63) is 39.8 Å². The number of ether oxygens (including phenoxy) is 1. The molecule has 0 aliphatic heterocycles. The number of aliphatic hydroxyl groups excluding tert-OH is 1. The molecule has 4 nitrogen and oxygen atoms in total. The number of benzene rings is 1. The quantitative estimate of drug-likeness (QED) is 0.724. The van der Waals surface area contributed by atoms with Gasteiger partial charge in [0.15, 0.2) is 0 Å². The fourth-order valence-electron chi connectivity index (χ4n) is 2.10. The van der Waals surface area contributed by atoms with Gasteiger partial charge in [0.2, 0.25) is 0 Å². The second kappa shape index (κ2) is 8.40. The molecule has 0 unspecified atom stereocenters. The van der Waals surface area contributed by atoms with Crippen LogP contribution in [0.25, 0.3) is 0 Å². The highest BCUT2D eigenvalue weighted by Crippen LogP contribution is 2.36. The summed E-state index contributed by atoms with van der Waals surface area (Å²) in [4.78, 5) is 5.66. The first-order valence-corrected chi connectivity index (χ1v) is 8.87. The average molecular weight is 375 g/mol. The topological polar surface area (TPSA) is 47.3 Å². The second-order valence-corrected chi connectivity index (χ2v) is 7.35. The van der Waals surface area contributed by atoms with E-state index in [1.807, 2.05) is 23.7 Å². The van der Waals surface area contributed by atoms with Crippen molar-refractivity contribution in [3.63, 3.8) is 0 Å². The molecular formula is C16H20Cl2N2O2S. The molecule has 2 aromatic rings. The normalized spacial score (nSPS) is 11.4. The van der Waals surface area contributed by atoms with Crippen molar-refractivity contribution in [3.8, 4) is 0 Å². The Kier molecular flexibility index (Phi) is 6.80. The molecule has 0 atom stereocenters. The van der Waals surface area contributed by atoms with Gasteiger partial charge in [0.25, 0.3) is 0 Å². The standard InChI is InChI=1S/C16H20Cl2N2O2S/c1-10(2)15-16(20(3)14(19-15)9-22-5-4-21)23-13-7-11(17)6-12(18)8-13/h6-8,10,21H,4-5,9H2,1-3H3. The summed E-state index contributed by atoms with van der Waals surface area (Å²) in [5.41, 5.74) is 1.01. The van der Waals surface area contributed by atoms with Gasteiger partial charge < -0.3 is 14.4 Å². The largest absolute Gasteiger partial charge is 0.394 e. The lowest BCUT2D eigenvalue weighted by molar-refractivity contribution is 0.0762. The highest BCUT2D eigenvalue weighted by Gasteiger charge is 2.18. The minimum atomic E-state index is 0.00405. The third-order valence-corrected chi connectivity index (χ3v) is 4.81. The van der Waals surface area contributed by atoms with Gasteiger partial charge in [-0.15, -0.1) is 0 Å². The van der Waals surface area contributed by atoms with E-state index in [-0.39, 0.29) is 12.5 Å². The van der Waals surface area contributed by atoms with Gasteiger partial charge in [0.1, 0.15) is 17.5 Å². The van der Waals surface area contributed by atoms with Crippen molar-refractivity contribution in [1.82, 2.24) is 9.55 Å². The molecule has 0 aliphatic carbocycles. The Labute approximate surface area is 150 Å². The van der Waals surface area contributed by atoms with Crippen LogP contribution in [-0.2, 0) is 18.4 Å².